The first-order chi connectivity index (χ1) is 12.4. The number of allylic oxidation sites excluding steroid dienone is 1. The summed E-state index contributed by atoms with van der Waals surface area (Å²) in [5.41, 5.74) is 3.16. The van der Waals surface area contributed by atoms with Crippen molar-refractivity contribution in [2.24, 2.45) is 0 Å². The molecular formula is C19H15ClN4OS. The second-order valence-corrected chi connectivity index (χ2v) is 7.67. The predicted octanol–water partition coefficient (Wildman–Crippen LogP) is 4.61. The molecule has 0 amide bonds. The molecular weight excluding hydrogens is 368 g/mol. The van der Waals surface area contributed by atoms with Crippen LogP contribution >= 0.6 is 22.9 Å². The molecule has 7 heteroatoms. The maximum atomic E-state index is 12.8. The molecule has 0 aliphatic rings. The number of rotatable bonds is 3. The zero-order valence-electron chi connectivity index (χ0n) is 14.3. The number of aryl methyl sites for hydroxylation is 1. The largest absolute Gasteiger partial charge is 0.294 e. The molecule has 1 aromatic carbocycles. The molecule has 0 bridgehead atoms. The number of nitrogens with zero attached hydrogens (tertiary/aromatic N) is 4. The molecule has 0 atom stereocenters. The summed E-state index contributed by atoms with van der Waals surface area (Å²) in [6.45, 7) is 8.12. The van der Waals surface area contributed by atoms with Crippen molar-refractivity contribution in [3.05, 3.63) is 63.8 Å². The van der Waals surface area contributed by atoms with Crippen LogP contribution in [0, 0.1) is 6.92 Å². The van der Waals surface area contributed by atoms with E-state index in [9.17, 15) is 4.79 Å². The number of benzene rings is 1. The zero-order valence-corrected chi connectivity index (χ0v) is 15.9. The molecule has 0 saturated carbocycles. The molecule has 0 unspecified atom stereocenters. The van der Waals surface area contributed by atoms with Crippen molar-refractivity contribution >= 4 is 43.4 Å². The molecule has 5 nitrogen and oxygen atoms in total. The Bertz CT molecular complexity index is 1220. The van der Waals surface area contributed by atoms with Crippen molar-refractivity contribution in [1.29, 1.82) is 0 Å². The van der Waals surface area contributed by atoms with E-state index in [-0.39, 0.29) is 5.56 Å². The molecule has 4 rings (SSSR count). The Morgan fingerprint density at radius 1 is 1.27 bits per heavy atom. The molecule has 0 fully saturated rings. The second-order valence-electron chi connectivity index (χ2n) is 6.23. The van der Waals surface area contributed by atoms with Gasteiger partial charge in [0.05, 0.1) is 22.9 Å². The molecule has 0 aliphatic carbocycles. The minimum absolute atomic E-state index is 0.0755. The molecule has 0 spiro atoms. The standard InChI is InChI=1S/C19H15ClN4OS/c1-10(2)8-24-9-21-15-14-11(3)22-17(12-4-6-13(20)7-5-12)23-18(14)26-16(15)19(24)25/h4-7,9H,1,8H2,2-3H3. The maximum Gasteiger partial charge on any atom is 0.271 e. The van der Waals surface area contributed by atoms with Gasteiger partial charge in [0.2, 0.25) is 0 Å². The lowest BCUT2D eigenvalue weighted by molar-refractivity contribution is 0.740. The van der Waals surface area contributed by atoms with Crippen LogP contribution in [0.3, 0.4) is 0 Å². The van der Waals surface area contributed by atoms with E-state index in [1.54, 1.807) is 10.9 Å². The third-order valence-corrected chi connectivity index (χ3v) is 5.34. The van der Waals surface area contributed by atoms with Gasteiger partial charge in [-0.2, -0.15) is 0 Å². The summed E-state index contributed by atoms with van der Waals surface area (Å²) < 4.78 is 2.16. The third-order valence-electron chi connectivity index (χ3n) is 4.03. The number of aromatic nitrogens is 4. The van der Waals surface area contributed by atoms with Crippen molar-refractivity contribution in [3.63, 3.8) is 0 Å². The van der Waals surface area contributed by atoms with Crippen LogP contribution in [0.2, 0.25) is 5.02 Å². The minimum atomic E-state index is -0.0755. The Hall–Kier alpha value is -2.57. The summed E-state index contributed by atoms with van der Waals surface area (Å²) in [7, 11) is 0. The van der Waals surface area contributed by atoms with Crippen molar-refractivity contribution in [1.82, 2.24) is 19.5 Å². The van der Waals surface area contributed by atoms with Gasteiger partial charge in [0.25, 0.3) is 5.56 Å². The van der Waals surface area contributed by atoms with E-state index in [0.29, 0.717) is 27.6 Å². The summed E-state index contributed by atoms with van der Waals surface area (Å²) in [5.74, 6) is 0.612. The first kappa shape index (κ1) is 16.9. The van der Waals surface area contributed by atoms with Crippen LogP contribution in [-0.2, 0) is 6.54 Å². The first-order valence-electron chi connectivity index (χ1n) is 8.00. The highest BCUT2D eigenvalue weighted by Gasteiger charge is 2.17. The predicted molar refractivity (Wildman–Crippen MR) is 107 cm³/mol. The Morgan fingerprint density at radius 2 is 2.00 bits per heavy atom. The van der Waals surface area contributed by atoms with Gasteiger partial charge in [0, 0.05) is 17.1 Å². The Kier molecular flexibility index (Phi) is 4.09. The van der Waals surface area contributed by atoms with Crippen LogP contribution in [0.15, 0.2) is 47.5 Å². The number of thiophene rings is 1. The Morgan fingerprint density at radius 3 is 2.69 bits per heavy atom. The zero-order chi connectivity index (χ0) is 18.4. The quantitative estimate of drug-likeness (QED) is 0.485. The lowest BCUT2D eigenvalue weighted by Crippen LogP contribution is -2.19. The molecule has 3 heterocycles. The van der Waals surface area contributed by atoms with Gasteiger partial charge in [0.15, 0.2) is 5.82 Å². The van der Waals surface area contributed by atoms with E-state index >= 15 is 0 Å². The molecule has 0 aliphatic heterocycles. The molecule has 0 radical (unpaired) electrons. The summed E-state index contributed by atoms with van der Waals surface area (Å²) >= 11 is 7.31. The average molecular weight is 383 g/mol. The van der Waals surface area contributed by atoms with Crippen LogP contribution in [-0.4, -0.2) is 19.5 Å². The summed E-state index contributed by atoms with van der Waals surface area (Å²) in [6, 6.07) is 7.38. The van der Waals surface area contributed by atoms with Gasteiger partial charge in [-0.15, -0.1) is 11.3 Å². The first-order valence-corrected chi connectivity index (χ1v) is 9.20. The van der Waals surface area contributed by atoms with Gasteiger partial charge in [0.1, 0.15) is 9.53 Å². The van der Waals surface area contributed by atoms with Crippen molar-refractivity contribution in [3.8, 4) is 11.4 Å². The molecule has 0 saturated heterocycles. The maximum absolute atomic E-state index is 12.8. The summed E-state index contributed by atoms with van der Waals surface area (Å²) in [4.78, 5) is 27.3. The lowest BCUT2D eigenvalue weighted by Gasteiger charge is -2.04. The molecule has 0 N–H and O–H groups in total. The van der Waals surface area contributed by atoms with Crippen LogP contribution in [0.4, 0.5) is 0 Å². The number of hydrogen-bond acceptors (Lipinski definition) is 5. The topological polar surface area (TPSA) is 60.7 Å². The van der Waals surface area contributed by atoms with Gasteiger partial charge >= 0.3 is 0 Å². The Balaban J connectivity index is 1.96. The average Bonchev–Trinajstić information content (AvgIpc) is 2.97. The SMILES string of the molecule is C=C(C)Cn1cnc2c(sc3nc(-c4ccc(Cl)cc4)nc(C)c32)c1=O. The van der Waals surface area contributed by atoms with Gasteiger partial charge in [-0.05, 0) is 38.1 Å². The third kappa shape index (κ3) is 2.81. The number of halogens is 1. The van der Waals surface area contributed by atoms with Crippen LogP contribution in [0.1, 0.15) is 12.6 Å². The van der Waals surface area contributed by atoms with Gasteiger partial charge in [-0.1, -0.05) is 23.8 Å². The van der Waals surface area contributed by atoms with E-state index < -0.39 is 0 Å². The highest BCUT2D eigenvalue weighted by molar-refractivity contribution is 7.25. The van der Waals surface area contributed by atoms with E-state index in [4.69, 9.17) is 11.6 Å². The molecule has 26 heavy (non-hydrogen) atoms. The van der Waals surface area contributed by atoms with Gasteiger partial charge in [-0.25, -0.2) is 15.0 Å². The van der Waals surface area contributed by atoms with Crippen LogP contribution in [0.25, 0.3) is 31.8 Å². The van der Waals surface area contributed by atoms with Crippen molar-refractivity contribution in [2.45, 2.75) is 20.4 Å². The van der Waals surface area contributed by atoms with Crippen LogP contribution < -0.4 is 5.56 Å². The molecule has 4 aromatic rings. The fourth-order valence-electron chi connectivity index (χ4n) is 2.86. The van der Waals surface area contributed by atoms with E-state index in [2.05, 4.69) is 21.5 Å². The fourth-order valence-corrected chi connectivity index (χ4v) is 4.12. The second kappa shape index (κ2) is 6.30. The highest BCUT2D eigenvalue weighted by atomic mass is 35.5. The molecule has 130 valence electrons. The van der Waals surface area contributed by atoms with Crippen molar-refractivity contribution < 1.29 is 0 Å². The highest BCUT2D eigenvalue weighted by Crippen LogP contribution is 2.32. The van der Waals surface area contributed by atoms with E-state index in [0.717, 1.165) is 27.0 Å². The summed E-state index contributed by atoms with van der Waals surface area (Å²) in [5, 5.41) is 1.50. The summed E-state index contributed by atoms with van der Waals surface area (Å²) in [6.07, 6.45) is 1.57. The van der Waals surface area contributed by atoms with E-state index in [1.165, 1.54) is 11.3 Å². The van der Waals surface area contributed by atoms with Crippen LogP contribution in [0.5, 0.6) is 0 Å². The smallest absolute Gasteiger partial charge is 0.271 e. The Labute approximate surface area is 158 Å². The van der Waals surface area contributed by atoms with Gasteiger partial charge in [-0.3, -0.25) is 9.36 Å². The van der Waals surface area contributed by atoms with Crippen molar-refractivity contribution in [2.75, 3.05) is 0 Å². The minimum Gasteiger partial charge on any atom is -0.294 e. The van der Waals surface area contributed by atoms with Gasteiger partial charge < -0.3 is 0 Å². The number of hydrogen-bond donors (Lipinski definition) is 0. The normalized spacial score (nSPS) is 11.3. The lowest BCUT2D eigenvalue weighted by atomic mass is 10.2. The number of fused-ring (bicyclic) bond motifs is 3. The monoisotopic (exact) mass is 382 g/mol. The molecule has 3 aromatic heterocycles. The van der Waals surface area contributed by atoms with E-state index in [1.807, 2.05) is 38.1 Å². The fraction of sp³-hybridized carbons (Fsp3) is 0.158.